The predicted molar refractivity (Wildman–Crippen MR) is 73.6 cm³/mol. The van der Waals surface area contributed by atoms with Crippen LogP contribution in [0.4, 0.5) is 0 Å². The molecule has 100 valence electrons. The van der Waals surface area contributed by atoms with E-state index in [1.165, 1.54) is 4.88 Å². The fraction of sp³-hybridized carbons (Fsp3) is 0.692. The third-order valence-electron chi connectivity index (χ3n) is 3.76. The Bertz CT molecular complexity index is 424. The average Bonchev–Trinajstić information content (AvgIpc) is 2.97. The molecular formula is C13H21N3OS. The lowest BCUT2D eigenvalue weighted by molar-refractivity contribution is -0.131. The molecule has 2 rings (SSSR count). The Labute approximate surface area is 112 Å². The molecule has 0 bridgehead atoms. The quantitative estimate of drug-likeness (QED) is 0.877. The molecule has 1 fully saturated rings. The van der Waals surface area contributed by atoms with Crippen molar-refractivity contribution in [2.24, 2.45) is 5.41 Å². The molecule has 2 atom stereocenters. The highest BCUT2D eigenvalue weighted by atomic mass is 32.1. The van der Waals surface area contributed by atoms with Crippen LogP contribution in [-0.4, -0.2) is 24.0 Å². The maximum Gasteiger partial charge on any atom is 0.228 e. The topological polar surface area (TPSA) is 54.0 Å². The van der Waals surface area contributed by atoms with E-state index in [1.54, 1.807) is 11.3 Å². The molecule has 0 spiro atoms. The number of thiazole rings is 1. The number of rotatable bonds is 4. The zero-order valence-electron chi connectivity index (χ0n) is 11.2. The Morgan fingerprint density at radius 2 is 2.50 bits per heavy atom. The van der Waals surface area contributed by atoms with Gasteiger partial charge < -0.3 is 10.6 Å². The molecule has 1 aliphatic heterocycles. The number of aromatic nitrogens is 1. The van der Waals surface area contributed by atoms with Crippen LogP contribution in [0.15, 0.2) is 6.20 Å². The van der Waals surface area contributed by atoms with Crippen LogP contribution >= 0.6 is 11.3 Å². The summed E-state index contributed by atoms with van der Waals surface area (Å²) in [6.45, 7) is 7.85. The molecule has 0 aromatic carbocycles. The van der Waals surface area contributed by atoms with Crippen molar-refractivity contribution in [3.05, 3.63) is 16.1 Å². The second-order valence-corrected chi connectivity index (χ2v) is 6.33. The van der Waals surface area contributed by atoms with Crippen molar-refractivity contribution >= 4 is 17.2 Å². The summed E-state index contributed by atoms with van der Waals surface area (Å²) in [5.41, 5.74) is -0.222. The van der Waals surface area contributed by atoms with Gasteiger partial charge in [0.05, 0.1) is 11.5 Å². The van der Waals surface area contributed by atoms with Gasteiger partial charge in [0.25, 0.3) is 0 Å². The van der Waals surface area contributed by atoms with E-state index in [9.17, 15) is 4.79 Å². The first-order valence-corrected chi connectivity index (χ1v) is 7.33. The van der Waals surface area contributed by atoms with Gasteiger partial charge in [-0.2, -0.15) is 0 Å². The highest BCUT2D eigenvalue weighted by Crippen LogP contribution is 2.30. The fourth-order valence-corrected chi connectivity index (χ4v) is 3.16. The first-order valence-electron chi connectivity index (χ1n) is 6.51. The Morgan fingerprint density at radius 1 is 1.72 bits per heavy atom. The van der Waals surface area contributed by atoms with Gasteiger partial charge in [-0.15, -0.1) is 11.3 Å². The molecule has 5 heteroatoms. The molecule has 1 aromatic rings. The second kappa shape index (κ2) is 5.36. The van der Waals surface area contributed by atoms with Gasteiger partial charge in [-0.25, -0.2) is 4.98 Å². The van der Waals surface area contributed by atoms with Gasteiger partial charge in [0, 0.05) is 17.6 Å². The summed E-state index contributed by atoms with van der Waals surface area (Å²) in [4.78, 5) is 17.9. The number of carbonyl (C=O) groups is 1. The van der Waals surface area contributed by atoms with Crippen LogP contribution < -0.4 is 10.6 Å². The highest BCUT2D eigenvalue weighted by molar-refractivity contribution is 7.11. The zero-order chi connectivity index (χ0) is 13.2. The first-order chi connectivity index (χ1) is 8.57. The van der Waals surface area contributed by atoms with Crippen LogP contribution in [0.2, 0.25) is 0 Å². The summed E-state index contributed by atoms with van der Waals surface area (Å²) in [5.74, 6) is 0.162. The summed E-state index contributed by atoms with van der Waals surface area (Å²) in [7, 11) is 0. The van der Waals surface area contributed by atoms with Gasteiger partial charge in [-0.05, 0) is 33.2 Å². The second-order valence-electron chi connectivity index (χ2n) is 5.06. The number of carbonyl (C=O) groups excluding carboxylic acids is 1. The van der Waals surface area contributed by atoms with E-state index in [1.807, 2.05) is 20.0 Å². The third-order valence-corrected chi connectivity index (χ3v) is 4.85. The van der Waals surface area contributed by atoms with Gasteiger partial charge >= 0.3 is 0 Å². The van der Waals surface area contributed by atoms with E-state index in [-0.39, 0.29) is 17.4 Å². The molecule has 0 radical (unpaired) electrons. The molecule has 4 nitrogen and oxygen atoms in total. The van der Waals surface area contributed by atoms with E-state index < -0.39 is 0 Å². The summed E-state index contributed by atoms with van der Waals surface area (Å²) >= 11 is 1.65. The molecule has 0 saturated carbocycles. The Balaban J connectivity index is 2.02. The lowest BCUT2D eigenvalue weighted by Gasteiger charge is -2.26. The summed E-state index contributed by atoms with van der Waals surface area (Å²) in [6, 6.07) is 0.000208. The van der Waals surface area contributed by atoms with Crippen LogP contribution in [-0.2, 0) is 4.79 Å². The van der Waals surface area contributed by atoms with Gasteiger partial charge in [-0.3, -0.25) is 4.79 Å². The minimum Gasteiger partial charge on any atom is -0.347 e. The van der Waals surface area contributed by atoms with Crippen LogP contribution in [0.1, 0.15) is 42.6 Å². The van der Waals surface area contributed by atoms with Gasteiger partial charge in [0.2, 0.25) is 5.91 Å². The number of hydrogen-bond donors (Lipinski definition) is 2. The Morgan fingerprint density at radius 3 is 3.00 bits per heavy atom. The number of nitrogens with zero attached hydrogens (tertiary/aromatic N) is 1. The maximum absolute atomic E-state index is 12.4. The first kappa shape index (κ1) is 13.5. The molecule has 18 heavy (non-hydrogen) atoms. The smallest absolute Gasteiger partial charge is 0.228 e. The lowest BCUT2D eigenvalue weighted by Crippen LogP contribution is -2.43. The van der Waals surface area contributed by atoms with Crippen molar-refractivity contribution < 1.29 is 4.79 Å². The van der Waals surface area contributed by atoms with Crippen molar-refractivity contribution in [2.75, 3.05) is 13.1 Å². The number of aryl methyl sites for hydroxylation is 1. The van der Waals surface area contributed by atoms with E-state index in [4.69, 9.17) is 0 Å². The molecule has 1 saturated heterocycles. The van der Waals surface area contributed by atoms with Gasteiger partial charge in [0.15, 0.2) is 0 Å². The molecule has 1 aromatic heterocycles. The predicted octanol–water partition coefficient (Wildman–Crippen LogP) is 2.02. The Hall–Kier alpha value is -0.940. The maximum atomic E-state index is 12.4. The van der Waals surface area contributed by atoms with E-state index in [0.717, 1.165) is 30.9 Å². The molecule has 2 unspecified atom stereocenters. The van der Waals surface area contributed by atoms with Crippen molar-refractivity contribution in [2.45, 2.75) is 39.7 Å². The van der Waals surface area contributed by atoms with Crippen LogP contribution in [0.3, 0.4) is 0 Å². The van der Waals surface area contributed by atoms with E-state index in [2.05, 4.69) is 22.5 Å². The largest absolute Gasteiger partial charge is 0.347 e. The summed E-state index contributed by atoms with van der Waals surface area (Å²) < 4.78 is 0. The SMILES string of the molecule is CCC1(C(=O)NC(C)c2ncc(C)s2)CCNC1. The molecule has 2 heterocycles. The molecule has 1 amide bonds. The Kier molecular flexibility index (Phi) is 4.02. The van der Waals surface area contributed by atoms with Crippen molar-refractivity contribution in [3.8, 4) is 0 Å². The molecule has 0 aliphatic carbocycles. The minimum atomic E-state index is -0.222. The van der Waals surface area contributed by atoms with Gasteiger partial charge in [0.1, 0.15) is 5.01 Å². The van der Waals surface area contributed by atoms with Crippen molar-refractivity contribution in [3.63, 3.8) is 0 Å². The van der Waals surface area contributed by atoms with Crippen LogP contribution in [0, 0.1) is 12.3 Å². The molecule has 2 N–H and O–H groups in total. The number of nitrogens with one attached hydrogen (secondary N) is 2. The summed E-state index contributed by atoms with van der Waals surface area (Å²) in [5, 5.41) is 7.38. The van der Waals surface area contributed by atoms with Gasteiger partial charge in [-0.1, -0.05) is 6.92 Å². The molecular weight excluding hydrogens is 246 g/mol. The lowest BCUT2D eigenvalue weighted by atomic mass is 9.83. The highest BCUT2D eigenvalue weighted by Gasteiger charge is 2.39. The monoisotopic (exact) mass is 267 g/mol. The average molecular weight is 267 g/mol. The van der Waals surface area contributed by atoms with Crippen LogP contribution in [0.5, 0.6) is 0 Å². The number of hydrogen-bond acceptors (Lipinski definition) is 4. The summed E-state index contributed by atoms with van der Waals surface area (Å²) in [6.07, 6.45) is 3.67. The molecule has 1 aliphatic rings. The minimum absolute atomic E-state index is 0.000208. The van der Waals surface area contributed by atoms with E-state index >= 15 is 0 Å². The third kappa shape index (κ3) is 2.57. The standard InChI is InChI=1S/C13H21N3OS/c1-4-13(5-6-14-8-13)12(17)16-10(3)11-15-7-9(2)18-11/h7,10,14H,4-6,8H2,1-3H3,(H,16,17). The number of amides is 1. The van der Waals surface area contributed by atoms with E-state index in [0.29, 0.717) is 0 Å². The fourth-order valence-electron chi connectivity index (χ4n) is 2.38. The van der Waals surface area contributed by atoms with Crippen molar-refractivity contribution in [1.82, 2.24) is 15.6 Å². The zero-order valence-corrected chi connectivity index (χ0v) is 12.1. The normalized spacial score (nSPS) is 25.1. The van der Waals surface area contributed by atoms with Crippen LogP contribution in [0.25, 0.3) is 0 Å². The van der Waals surface area contributed by atoms with Crippen molar-refractivity contribution in [1.29, 1.82) is 0 Å².